The van der Waals surface area contributed by atoms with E-state index in [4.69, 9.17) is 0 Å². The lowest BCUT2D eigenvalue weighted by molar-refractivity contribution is 0.976. The fourth-order valence-corrected chi connectivity index (χ4v) is 1.19. The van der Waals surface area contributed by atoms with Crippen molar-refractivity contribution in [2.45, 2.75) is 18.8 Å². The van der Waals surface area contributed by atoms with Gasteiger partial charge in [0.2, 0.25) is 0 Å². The van der Waals surface area contributed by atoms with Crippen LogP contribution in [0.2, 0.25) is 0 Å². The van der Waals surface area contributed by atoms with Crippen LogP contribution < -0.4 is 0 Å². The van der Waals surface area contributed by atoms with Crippen molar-refractivity contribution in [2.75, 3.05) is 0 Å². The maximum absolute atomic E-state index is 4.27. The topological polar surface area (TPSA) is 25.8 Å². The van der Waals surface area contributed by atoms with Crippen LogP contribution in [-0.2, 0) is 0 Å². The van der Waals surface area contributed by atoms with Crippen LogP contribution in [0.15, 0.2) is 12.4 Å². The predicted octanol–water partition coefficient (Wildman–Crippen LogP) is 1.96. The van der Waals surface area contributed by atoms with Crippen LogP contribution in [0.5, 0.6) is 0 Å². The van der Waals surface area contributed by atoms with E-state index in [0.717, 1.165) is 9.62 Å². The van der Waals surface area contributed by atoms with Crippen LogP contribution in [0, 0.1) is 3.70 Å². The van der Waals surface area contributed by atoms with Crippen LogP contribution in [0.1, 0.15) is 24.5 Å². The minimum Gasteiger partial charge on any atom is -0.257 e. The molecule has 0 spiro atoms. The molecule has 1 saturated carbocycles. The lowest BCUT2D eigenvalue weighted by Gasteiger charge is -1.93. The predicted molar refractivity (Wildman–Crippen MR) is 46.7 cm³/mol. The Morgan fingerprint density at radius 2 is 2.10 bits per heavy atom. The van der Waals surface area contributed by atoms with E-state index in [1.807, 2.05) is 12.4 Å². The molecule has 10 heavy (non-hydrogen) atoms. The summed E-state index contributed by atoms with van der Waals surface area (Å²) in [7, 11) is 0. The molecule has 0 atom stereocenters. The van der Waals surface area contributed by atoms with Crippen LogP contribution in [0.3, 0.4) is 0 Å². The third-order valence-corrected chi connectivity index (χ3v) is 2.19. The first-order chi connectivity index (χ1) is 4.86. The Kier molecular flexibility index (Phi) is 1.60. The van der Waals surface area contributed by atoms with E-state index < -0.39 is 0 Å². The summed E-state index contributed by atoms with van der Waals surface area (Å²) < 4.78 is 0.974. The van der Waals surface area contributed by atoms with Crippen LogP contribution in [-0.4, -0.2) is 9.97 Å². The Morgan fingerprint density at radius 3 is 2.60 bits per heavy atom. The second-order valence-corrected chi connectivity index (χ2v) is 3.64. The van der Waals surface area contributed by atoms with Gasteiger partial charge in [-0.1, -0.05) is 0 Å². The van der Waals surface area contributed by atoms with Gasteiger partial charge in [-0.25, -0.2) is 4.98 Å². The standard InChI is InChI=1S/C7H7IN2/c8-7-4-9-6(3-10-7)5-1-2-5/h3-5H,1-2H2. The molecular weight excluding hydrogens is 239 g/mol. The van der Waals surface area contributed by atoms with Crippen LogP contribution in [0.4, 0.5) is 0 Å². The Bertz CT molecular complexity index is 228. The molecule has 2 rings (SSSR count). The molecule has 0 amide bonds. The second-order valence-electron chi connectivity index (χ2n) is 2.54. The molecule has 1 aliphatic rings. The van der Waals surface area contributed by atoms with E-state index in [9.17, 15) is 0 Å². The second kappa shape index (κ2) is 2.45. The molecule has 1 aliphatic carbocycles. The number of halogens is 1. The summed E-state index contributed by atoms with van der Waals surface area (Å²) in [5.74, 6) is 0.726. The van der Waals surface area contributed by atoms with Gasteiger partial charge < -0.3 is 0 Å². The SMILES string of the molecule is Ic1cnc(C2CC2)cn1. The van der Waals surface area contributed by atoms with Crippen molar-refractivity contribution in [3.8, 4) is 0 Å². The number of hydrogen-bond donors (Lipinski definition) is 0. The van der Waals surface area contributed by atoms with Gasteiger partial charge in [-0.05, 0) is 35.4 Å². The van der Waals surface area contributed by atoms with Crippen LogP contribution >= 0.6 is 22.6 Å². The molecule has 1 aromatic rings. The molecule has 1 aromatic heterocycles. The summed E-state index contributed by atoms with van der Waals surface area (Å²) in [6.07, 6.45) is 6.32. The average Bonchev–Trinajstić information content (AvgIpc) is 2.71. The minimum absolute atomic E-state index is 0.726. The third-order valence-electron chi connectivity index (χ3n) is 1.64. The zero-order valence-electron chi connectivity index (χ0n) is 5.42. The van der Waals surface area contributed by atoms with E-state index in [1.54, 1.807) is 0 Å². The molecule has 52 valence electrons. The molecule has 0 saturated heterocycles. The first kappa shape index (κ1) is 6.52. The minimum atomic E-state index is 0.726. The summed E-state index contributed by atoms with van der Waals surface area (Å²) in [6, 6.07) is 0. The highest BCUT2D eigenvalue weighted by Crippen LogP contribution is 2.38. The van der Waals surface area contributed by atoms with Crippen molar-refractivity contribution in [1.29, 1.82) is 0 Å². The quantitative estimate of drug-likeness (QED) is 0.708. The Morgan fingerprint density at radius 1 is 1.30 bits per heavy atom. The molecule has 1 fully saturated rings. The number of nitrogens with zero attached hydrogens (tertiary/aromatic N) is 2. The number of aromatic nitrogens is 2. The summed E-state index contributed by atoms with van der Waals surface area (Å²) in [4.78, 5) is 8.43. The molecule has 0 aliphatic heterocycles. The van der Waals surface area contributed by atoms with Gasteiger partial charge in [0, 0.05) is 12.1 Å². The van der Waals surface area contributed by atoms with Gasteiger partial charge in [-0.15, -0.1) is 0 Å². The Labute approximate surface area is 73.2 Å². The highest BCUT2D eigenvalue weighted by Gasteiger charge is 2.24. The van der Waals surface area contributed by atoms with E-state index in [0.29, 0.717) is 0 Å². The van der Waals surface area contributed by atoms with Gasteiger partial charge in [0.15, 0.2) is 0 Å². The van der Waals surface area contributed by atoms with Gasteiger partial charge in [-0.3, -0.25) is 4.98 Å². The summed E-state index contributed by atoms with van der Waals surface area (Å²) in [6.45, 7) is 0. The average molecular weight is 246 g/mol. The molecule has 0 bridgehead atoms. The van der Waals surface area contributed by atoms with Crippen LogP contribution in [0.25, 0.3) is 0 Å². The first-order valence-corrected chi connectivity index (χ1v) is 4.41. The van der Waals surface area contributed by atoms with E-state index in [-0.39, 0.29) is 0 Å². The van der Waals surface area contributed by atoms with Crippen molar-refractivity contribution in [2.24, 2.45) is 0 Å². The molecule has 0 aromatic carbocycles. The van der Waals surface area contributed by atoms with E-state index >= 15 is 0 Å². The summed E-state index contributed by atoms with van der Waals surface area (Å²) in [5, 5.41) is 0. The van der Waals surface area contributed by atoms with Gasteiger partial charge in [0.05, 0.1) is 11.9 Å². The number of hydrogen-bond acceptors (Lipinski definition) is 2. The van der Waals surface area contributed by atoms with Crippen molar-refractivity contribution in [3.05, 3.63) is 21.8 Å². The highest BCUT2D eigenvalue weighted by molar-refractivity contribution is 14.1. The Balaban J connectivity index is 2.28. The first-order valence-electron chi connectivity index (χ1n) is 3.34. The number of rotatable bonds is 1. The largest absolute Gasteiger partial charge is 0.257 e. The third kappa shape index (κ3) is 1.28. The van der Waals surface area contributed by atoms with Gasteiger partial charge in [0.1, 0.15) is 3.70 Å². The lowest BCUT2D eigenvalue weighted by atomic mass is 10.3. The fraction of sp³-hybridized carbons (Fsp3) is 0.429. The molecule has 2 nitrogen and oxygen atoms in total. The summed E-state index contributed by atoms with van der Waals surface area (Å²) >= 11 is 2.17. The zero-order chi connectivity index (χ0) is 6.97. The summed E-state index contributed by atoms with van der Waals surface area (Å²) in [5.41, 5.74) is 1.17. The van der Waals surface area contributed by atoms with Gasteiger partial charge in [0.25, 0.3) is 0 Å². The van der Waals surface area contributed by atoms with Gasteiger partial charge >= 0.3 is 0 Å². The maximum Gasteiger partial charge on any atom is 0.119 e. The Hall–Kier alpha value is -0.190. The smallest absolute Gasteiger partial charge is 0.119 e. The normalized spacial score (nSPS) is 17.3. The molecular formula is C7H7IN2. The molecule has 1 heterocycles. The molecule has 0 unspecified atom stereocenters. The maximum atomic E-state index is 4.27. The molecule has 0 radical (unpaired) electrons. The van der Waals surface area contributed by atoms with Crippen molar-refractivity contribution in [1.82, 2.24) is 9.97 Å². The fourth-order valence-electron chi connectivity index (χ4n) is 0.912. The highest BCUT2D eigenvalue weighted by atomic mass is 127. The van der Waals surface area contributed by atoms with E-state index in [2.05, 4.69) is 32.6 Å². The van der Waals surface area contributed by atoms with Gasteiger partial charge in [-0.2, -0.15) is 0 Å². The van der Waals surface area contributed by atoms with Crippen molar-refractivity contribution < 1.29 is 0 Å². The molecule has 0 N–H and O–H groups in total. The monoisotopic (exact) mass is 246 g/mol. The van der Waals surface area contributed by atoms with Crippen molar-refractivity contribution >= 4 is 22.6 Å². The lowest BCUT2D eigenvalue weighted by Crippen LogP contribution is -1.88. The van der Waals surface area contributed by atoms with Crippen molar-refractivity contribution in [3.63, 3.8) is 0 Å². The zero-order valence-corrected chi connectivity index (χ0v) is 7.58. The molecule has 3 heteroatoms. The van der Waals surface area contributed by atoms with E-state index in [1.165, 1.54) is 18.5 Å².